The molecule has 0 aromatic carbocycles. The number of hydrogen-bond donors (Lipinski definition) is 2. The second-order valence-corrected chi connectivity index (χ2v) is 4.13. The van der Waals surface area contributed by atoms with Crippen molar-refractivity contribution in [1.29, 1.82) is 5.26 Å². The Kier molecular flexibility index (Phi) is 4.94. The molecular formula is C10H13Cl2N5. The third-order valence-electron chi connectivity index (χ3n) is 2.73. The first-order valence-electron chi connectivity index (χ1n) is 5.16. The minimum atomic E-state index is 0. The first-order chi connectivity index (χ1) is 7.72. The Morgan fingerprint density at radius 2 is 2.24 bits per heavy atom. The molecule has 1 unspecified atom stereocenters. The Labute approximate surface area is 111 Å². The van der Waals surface area contributed by atoms with Crippen LogP contribution in [0, 0.1) is 11.3 Å². The summed E-state index contributed by atoms with van der Waals surface area (Å²) < 4.78 is 0. The van der Waals surface area contributed by atoms with Crippen molar-refractivity contribution in [3.8, 4) is 6.07 Å². The standard InChI is InChI=1S/C10H12ClN5.ClH/c11-10-15-8(6-2-1-3-14-5-6)7(4-12)9(13)16-10;/h6,14H,1-3,5H2,(H2,13,15,16);1H. The molecule has 3 N–H and O–H groups in total. The number of piperidine rings is 1. The van der Waals surface area contributed by atoms with Crippen LogP contribution in [0.15, 0.2) is 0 Å². The monoisotopic (exact) mass is 273 g/mol. The molecule has 92 valence electrons. The second kappa shape index (κ2) is 6.01. The zero-order chi connectivity index (χ0) is 11.5. The molecule has 0 saturated carbocycles. The minimum absolute atomic E-state index is 0. The molecule has 1 atom stereocenters. The summed E-state index contributed by atoms with van der Waals surface area (Å²) in [4.78, 5) is 7.93. The van der Waals surface area contributed by atoms with Crippen molar-refractivity contribution >= 4 is 29.8 Å². The van der Waals surface area contributed by atoms with E-state index in [9.17, 15) is 0 Å². The summed E-state index contributed by atoms with van der Waals surface area (Å²) in [6, 6.07) is 2.05. The lowest BCUT2D eigenvalue weighted by Gasteiger charge is -2.23. The third kappa shape index (κ3) is 2.97. The molecule has 5 nitrogen and oxygen atoms in total. The topological polar surface area (TPSA) is 87.6 Å². The Hall–Kier alpha value is -1.09. The lowest BCUT2D eigenvalue weighted by Crippen LogP contribution is -2.29. The van der Waals surface area contributed by atoms with E-state index in [-0.39, 0.29) is 29.4 Å². The third-order valence-corrected chi connectivity index (χ3v) is 2.90. The number of nitrogens with one attached hydrogen (secondary N) is 1. The molecule has 1 aromatic heterocycles. The Bertz CT molecular complexity index is 437. The van der Waals surface area contributed by atoms with Crippen molar-refractivity contribution < 1.29 is 0 Å². The SMILES string of the molecule is Cl.N#Cc1c(N)nc(Cl)nc1C1CCCNC1. The molecular weight excluding hydrogens is 261 g/mol. The highest BCUT2D eigenvalue weighted by Gasteiger charge is 2.22. The molecule has 1 aliphatic rings. The summed E-state index contributed by atoms with van der Waals surface area (Å²) in [7, 11) is 0. The number of nitrogens with zero attached hydrogens (tertiary/aromatic N) is 3. The van der Waals surface area contributed by atoms with Gasteiger partial charge >= 0.3 is 0 Å². The number of nitrogens with two attached hydrogens (primary N) is 1. The average molecular weight is 274 g/mol. The van der Waals surface area contributed by atoms with Gasteiger partial charge in [-0.3, -0.25) is 0 Å². The summed E-state index contributed by atoms with van der Waals surface area (Å²) >= 11 is 5.77. The minimum Gasteiger partial charge on any atom is -0.382 e. The van der Waals surface area contributed by atoms with E-state index in [0.29, 0.717) is 11.3 Å². The number of hydrogen-bond acceptors (Lipinski definition) is 5. The molecule has 7 heteroatoms. The fourth-order valence-corrected chi connectivity index (χ4v) is 2.14. The van der Waals surface area contributed by atoms with Gasteiger partial charge in [-0.15, -0.1) is 12.4 Å². The predicted molar refractivity (Wildman–Crippen MR) is 68.3 cm³/mol. The Balaban J connectivity index is 0.00000144. The number of halogens is 2. The average Bonchev–Trinajstić information content (AvgIpc) is 2.29. The maximum absolute atomic E-state index is 9.05. The summed E-state index contributed by atoms with van der Waals surface area (Å²) in [5, 5.41) is 12.4. The first kappa shape index (κ1) is 14.0. The molecule has 0 radical (unpaired) electrons. The molecule has 1 aliphatic heterocycles. The van der Waals surface area contributed by atoms with Crippen molar-refractivity contribution in [2.45, 2.75) is 18.8 Å². The largest absolute Gasteiger partial charge is 0.382 e. The highest BCUT2D eigenvalue weighted by atomic mass is 35.5. The molecule has 1 saturated heterocycles. The number of rotatable bonds is 1. The zero-order valence-electron chi connectivity index (χ0n) is 9.11. The van der Waals surface area contributed by atoms with Gasteiger partial charge in [-0.1, -0.05) is 0 Å². The van der Waals surface area contributed by atoms with Crippen molar-refractivity contribution in [2.75, 3.05) is 18.8 Å². The normalized spacial score (nSPS) is 19.2. The zero-order valence-corrected chi connectivity index (χ0v) is 10.7. The van der Waals surface area contributed by atoms with E-state index in [1.165, 1.54) is 0 Å². The molecule has 0 aliphatic carbocycles. The van der Waals surface area contributed by atoms with E-state index in [1.807, 2.05) is 0 Å². The molecule has 1 fully saturated rings. The van der Waals surface area contributed by atoms with Crippen LogP contribution in [0.4, 0.5) is 5.82 Å². The summed E-state index contributed by atoms with van der Waals surface area (Å²) in [5.74, 6) is 0.370. The molecule has 0 bridgehead atoms. The molecule has 0 amide bonds. The molecule has 2 heterocycles. The number of nitriles is 1. The van der Waals surface area contributed by atoms with Crippen LogP contribution in [-0.2, 0) is 0 Å². The van der Waals surface area contributed by atoms with Gasteiger partial charge in [-0.25, -0.2) is 4.98 Å². The van der Waals surface area contributed by atoms with Crippen LogP contribution >= 0.6 is 24.0 Å². The van der Waals surface area contributed by atoms with Gasteiger partial charge in [0.25, 0.3) is 0 Å². The first-order valence-corrected chi connectivity index (χ1v) is 5.54. The van der Waals surface area contributed by atoms with Gasteiger partial charge in [0.2, 0.25) is 5.28 Å². The van der Waals surface area contributed by atoms with Crippen LogP contribution in [0.3, 0.4) is 0 Å². The van der Waals surface area contributed by atoms with Crippen LogP contribution in [0.25, 0.3) is 0 Å². The summed E-state index contributed by atoms with van der Waals surface area (Å²) in [6.07, 6.45) is 2.06. The van der Waals surface area contributed by atoms with E-state index in [0.717, 1.165) is 25.9 Å². The lowest BCUT2D eigenvalue weighted by molar-refractivity contribution is 0.454. The van der Waals surface area contributed by atoms with E-state index >= 15 is 0 Å². The van der Waals surface area contributed by atoms with Gasteiger partial charge < -0.3 is 11.1 Å². The summed E-state index contributed by atoms with van der Waals surface area (Å²) in [5.41, 5.74) is 6.69. The molecule has 17 heavy (non-hydrogen) atoms. The van der Waals surface area contributed by atoms with Gasteiger partial charge in [0.15, 0.2) is 0 Å². The Morgan fingerprint density at radius 1 is 1.47 bits per heavy atom. The number of aromatic nitrogens is 2. The fraction of sp³-hybridized carbons (Fsp3) is 0.500. The maximum atomic E-state index is 9.05. The van der Waals surface area contributed by atoms with Crippen molar-refractivity contribution in [3.05, 3.63) is 16.5 Å². The second-order valence-electron chi connectivity index (χ2n) is 3.79. The smallest absolute Gasteiger partial charge is 0.224 e. The van der Waals surface area contributed by atoms with Crippen LogP contribution in [0.1, 0.15) is 30.0 Å². The molecule has 0 spiro atoms. The quantitative estimate of drug-likeness (QED) is 0.757. The van der Waals surface area contributed by atoms with Gasteiger partial charge in [0, 0.05) is 12.5 Å². The molecule has 2 rings (SSSR count). The van der Waals surface area contributed by atoms with Crippen LogP contribution in [-0.4, -0.2) is 23.1 Å². The van der Waals surface area contributed by atoms with E-state index < -0.39 is 0 Å². The Morgan fingerprint density at radius 3 is 2.82 bits per heavy atom. The van der Waals surface area contributed by atoms with Gasteiger partial charge in [0.1, 0.15) is 17.5 Å². The van der Waals surface area contributed by atoms with Gasteiger partial charge in [-0.05, 0) is 31.0 Å². The van der Waals surface area contributed by atoms with Crippen molar-refractivity contribution in [3.63, 3.8) is 0 Å². The number of anilines is 1. The highest BCUT2D eigenvalue weighted by molar-refractivity contribution is 6.28. The van der Waals surface area contributed by atoms with Gasteiger partial charge in [-0.2, -0.15) is 10.2 Å². The fourth-order valence-electron chi connectivity index (χ4n) is 1.96. The van der Waals surface area contributed by atoms with Crippen LogP contribution in [0.5, 0.6) is 0 Å². The predicted octanol–water partition coefficient (Wildman–Crippen LogP) is 1.47. The van der Waals surface area contributed by atoms with Crippen LogP contribution < -0.4 is 11.1 Å². The maximum Gasteiger partial charge on any atom is 0.224 e. The highest BCUT2D eigenvalue weighted by Crippen LogP contribution is 2.27. The number of nitrogen functional groups attached to an aromatic ring is 1. The van der Waals surface area contributed by atoms with Crippen LogP contribution in [0.2, 0.25) is 5.28 Å². The van der Waals surface area contributed by atoms with Crippen molar-refractivity contribution in [2.24, 2.45) is 0 Å². The van der Waals surface area contributed by atoms with E-state index in [4.69, 9.17) is 22.6 Å². The van der Waals surface area contributed by atoms with Crippen molar-refractivity contribution in [1.82, 2.24) is 15.3 Å². The summed E-state index contributed by atoms with van der Waals surface area (Å²) in [6.45, 7) is 1.81. The van der Waals surface area contributed by atoms with Gasteiger partial charge in [0.05, 0.1) is 5.69 Å². The van der Waals surface area contributed by atoms with E-state index in [1.54, 1.807) is 0 Å². The molecule has 1 aromatic rings. The lowest BCUT2D eigenvalue weighted by atomic mass is 9.93. The van der Waals surface area contributed by atoms with E-state index in [2.05, 4.69) is 21.4 Å².